The zero-order valence-corrected chi connectivity index (χ0v) is 15.3. The number of benzene rings is 1. The molecule has 2 rings (SSSR count). The van der Waals surface area contributed by atoms with Gasteiger partial charge in [0.05, 0.1) is 0 Å². The first-order valence-electron chi connectivity index (χ1n) is 8.95. The summed E-state index contributed by atoms with van der Waals surface area (Å²) in [5.74, 6) is 1.33. The van der Waals surface area contributed by atoms with Crippen molar-refractivity contribution in [2.75, 3.05) is 19.6 Å². The van der Waals surface area contributed by atoms with E-state index in [2.05, 4.69) is 75.6 Å². The topological polar surface area (TPSA) is 6.48 Å². The van der Waals surface area contributed by atoms with Gasteiger partial charge in [-0.25, -0.2) is 0 Å². The highest BCUT2D eigenvalue weighted by Crippen LogP contribution is 2.22. The van der Waals surface area contributed by atoms with E-state index in [0.717, 1.165) is 6.54 Å². The largest absolute Gasteiger partial charge is 0.296 e. The molecule has 0 spiro atoms. The maximum absolute atomic E-state index is 2.69. The van der Waals surface area contributed by atoms with Crippen molar-refractivity contribution in [3.63, 3.8) is 0 Å². The summed E-state index contributed by atoms with van der Waals surface area (Å²) >= 11 is 0. The third-order valence-corrected chi connectivity index (χ3v) is 5.00. The van der Waals surface area contributed by atoms with Crippen molar-refractivity contribution in [3.8, 4) is 0 Å². The molecule has 1 aliphatic rings. The van der Waals surface area contributed by atoms with Gasteiger partial charge in [0, 0.05) is 38.3 Å². The molecule has 124 valence electrons. The summed E-state index contributed by atoms with van der Waals surface area (Å²) in [6, 6.07) is 10.5. The molecule has 0 saturated carbocycles. The average molecular weight is 303 g/mol. The Hall–Kier alpha value is -0.860. The lowest BCUT2D eigenvalue weighted by atomic mass is 9.97. The molecule has 0 N–H and O–H groups in total. The van der Waals surface area contributed by atoms with Gasteiger partial charge in [0.1, 0.15) is 0 Å². The van der Waals surface area contributed by atoms with Crippen molar-refractivity contribution in [2.24, 2.45) is 5.92 Å². The van der Waals surface area contributed by atoms with Crippen molar-refractivity contribution < 1.29 is 0 Å². The van der Waals surface area contributed by atoms with Crippen molar-refractivity contribution in [1.82, 2.24) is 9.80 Å². The zero-order valence-electron chi connectivity index (χ0n) is 15.3. The van der Waals surface area contributed by atoms with E-state index in [9.17, 15) is 0 Å². The summed E-state index contributed by atoms with van der Waals surface area (Å²) in [6.45, 7) is 18.6. The number of rotatable bonds is 5. The van der Waals surface area contributed by atoms with Crippen LogP contribution in [0.5, 0.6) is 0 Å². The van der Waals surface area contributed by atoms with E-state index >= 15 is 0 Å². The first kappa shape index (κ1) is 17.5. The molecule has 1 saturated heterocycles. The summed E-state index contributed by atoms with van der Waals surface area (Å²) in [5, 5.41) is 0. The van der Waals surface area contributed by atoms with E-state index in [1.165, 1.54) is 30.8 Å². The molecule has 1 aromatic carbocycles. The van der Waals surface area contributed by atoms with Gasteiger partial charge in [-0.15, -0.1) is 0 Å². The predicted octanol–water partition coefficient (Wildman–Crippen LogP) is 4.36. The van der Waals surface area contributed by atoms with Gasteiger partial charge >= 0.3 is 0 Å². The smallest absolute Gasteiger partial charge is 0.0249 e. The number of nitrogens with zero attached hydrogens (tertiary/aromatic N) is 2. The summed E-state index contributed by atoms with van der Waals surface area (Å²) in [4.78, 5) is 5.33. The molecule has 2 heteroatoms. The lowest BCUT2D eigenvalue weighted by Crippen LogP contribution is -2.56. The Kier molecular flexibility index (Phi) is 6.05. The Morgan fingerprint density at radius 1 is 1.05 bits per heavy atom. The van der Waals surface area contributed by atoms with Crippen LogP contribution in [0.25, 0.3) is 0 Å². The highest BCUT2D eigenvalue weighted by molar-refractivity contribution is 5.25. The normalized spacial score (nSPS) is 21.2. The Labute approximate surface area is 137 Å². The van der Waals surface area contributed by atoms with Crippen molar-refractivity contribution in [1.29, 1.82) is 0 Å². The van der Waals surface area contributed by atoms with E-state index in [0.29, 0.717) is 23.9 Å². The molecule has 1 aliphatic heterocycles. The van der Waals surface area contributed by atoms with Gasteiger partial charge in [-0.1, -0.05) is 52.0 Å². The van der Waals surface area contributed by atoms with E-state index in [1.807, 2.05) is 0 Å². The van der Waals surface area contributed by atoms with Gasteiger partial charge in [-0.3, -0.25) is 9.80 Å². The minimum absolute atomic E-state index is 0.612. The summed E-state index contributed by atoms with van der Waals surface area (Å²) in [7, 11) is 0. The Morgan fingerprint density at radius 3 is 2.36 bits per heavy atom. The Bertz CT molecular complexity index is 465. The second kappa shape index (κ2) is 7.61. The molecule has 0 unspecified atom stereocenters. The van der Waals surface area contributed by atoms with Crippen LogP contribution in [-0.4, -0.2) is 41.5 Å². The van der Waals surface area contributed by atoms with Crippen molar-refractivity contribution >= 4 is 0 Å². The van der Waals surface area contributed by atoms with Crippen LogP contribution >= 0.6 is 0 Å². The third-order valence-electron chi connectivity index (χ3n) is 5.00. The van der Waals surface area contributed by atoms with Crippen molar-refractivity contribution in [2.45, 2.75) is 66.1 Å². The quantitative estimate of drug-likeness (QED) is 0.797. The van der Waals surface area contributed by atoms with E-state index in [4.69, 9.17) is 0 Å². The highest BCUT2D eigenvalue weighted by Gasteiger charge is 2.30. The molecule has 1 fully saturated rings. The molecule has 0 amide bonds. The molecular weight excluding hydrogens is 268 g/mol. The van der Waals surface area contributed by atoms with Crippen LogP contribution in [0.4, 0.5) is 0 Å². The number of hydrogen-bond acceptors (Lipinski definition) is 2. The molecule has 2 nitrogen and oxygen atoms in total. The van der Waals surface area contributed by atoms with Gasteiger partial charge in [0.25, 0.3) is 0 Å². The molecule has 22 heavy (non-hydrogen) atoms. The van der Waals surface area contributed by atoms with Gasteiger partial charge < -0.3 is 0 Å². The first-order chi connectivity index (χ1) is 10.4. The molecule has 0 aliphatic carbocycles. The molecule has 0 aromatic heterocycles. The molecule has 1 heterocycles. The zero-order chi connectivity index (χ0) is 16.3. The van der Waals surface area contributed by atoms with Crippen LogP contribution in [-0.2, 0) is 6.54 Å². The highest BCUT2D eigenvalue weighted by atomic mass is 15.3. The second-order valence-corrected chi connectivity index (χ2v) is 7.78. The summed E-state index contributed by atoms with van der Waals surface area (Å²) < 4.78 is 0. The monoisotopic (exact) mass is 302 g/mol. The first-order valence-corrected chi connectivity index (χ1v) is 8.95. The molecular formula is C20H34N2. The minimum Gasteiger partial charge on any atom is -0.296 e. The fourth-order valence-electron chi connectivity index (χ4n) is 3.57. The van der Waals surface area contributed by atoms with Crippen LogP contribution in [0.15, 0.2) is 24.3 Å². The fraction of sp³-hybridized carbons (Fsp3) is 0.700. The van der Waals surface area contributed by atoms with Crippen LogP contribution in [0.2, 0.25) is 0 Å². The van der Waals surface area contributed by atoms with E-state index < -0.39 is 0 Å². The van der Waals surface area contributed by atoms with Gasteiger partial charge in [-0.05, 0) is 36.8 Å². The van der Waals surface area contributed by atoms with E-state index in [-0.39, 0.29) is 0 Å². The predicted molar refractivity (Wildman–Crippen MR) is 96.3 cm³/mol. The minimum atomic E-state index is 0.612. The van der Waals surface area contributed by atoms with Crippen LogP contribution in [0, 0.1) is 5.92 Å². The standard InChI is InChI=1S/C20H34N2/c1-15(2)19-9-7-8-18(12-19)13-21-10-11-22(17(5)6)20(14-21)16(3)4/h7-9,12,15-17,20H,10-11,13-14H2,1-6H3/t20-/m1/s1. The lowest BCUT2D eigenvalue weighted by molar-refractivity contribution is 0.0251. The summed E-state index contributed by atoms with van der Waals surface area (Å²) in [5.41, 5.74) is 2.92. The van der Waals surface area contributed by atoms with Crippen LogP contribution in [0.3, 0.4) is 0 Å². The Balaban J connectivity index is 2.04. The van der Waals surface area contributed by atoms with Gasteiger partial charge in [-0.2, -0.15) is 0 Å². The summed E-state index contributed by atoms with van der Waals surface area (Å²) in [6.07, 6.45) is 0. The Morgan fingerprint density at radius 2 is 1.77 bits per heavy atom. The maximum Gasteiger partial charge on any atom is 0.0249 e. The fourth-order valence-corrected chi connectivity index (χ4v) is 3.57. The molecule has 0 bridgehead atoms. The maximum atomic E-state index is 2.69. The molecule has 0 radical (unpaired) electrons. The lowest BCUT2D eigenvalue weighted by Gasteiger charge is -2.45. The number of hydrogen-bond donors (Lipinski definition) is 0. The molecule has 1 atom stereocenters. The van der Waals surface area contributed by atoms with E-state index in [1.54, 1.807) is 0 Å². The van der Waals surface area contributed by atoms with Gasteiger partial charge in [0.2, 0.25) is 0 Å². The average Bonchev–Trinajstić information content (AvgIpc) is 2.47. The number of piperazine rings is 1. The van der Waals surface area contributed by atoms with Crippen LogP contribution < -0.4 is 0 Å². The van der Waals surface area contributed by atoms with Crippen molar-refractivity contribution in [3.05, 3.63) is 35.4 Å². The molecule has 1 aromatic rings. The second-order valence-electron chi connectivity index (χ2n) is 7.78. The SMILES string of the molecule is CC(C)c1cccc(CN2CCN(C(C)C)[C@@H](C(C)C)C2)c1. The third kappa shape index (κ3) is 4.33. The van der Waals surface area contributed by atoms with Gasteiger partial charge in [0.15, 0.2) is 0 Å². The van der Waals surface area contributed by atoms with Crippen LogP contribution in [0.1, 0.15) is 58.6 Å².